The maximum Gasteiger partial charge on any atom is 0.309 e. The van der Waals surface area contributed by atoms with Crippen molar-refractivity contribution in [2.24, 2.45) is 0 Å². The molecule has 0 fully saturated rings. The van der Waals surface area contributed by atoms with Gasteiger partial charge in [-0.2, -0.15) is 5.26 Å². The van der Waals surface area contributed by atoms with Crippen molar-refractivity contribution in [3.8, 4) is 11.8 Å². The molecule has 0 spiro atoms. The minimum atomic E-state index is -0.504. The first-order chi connectivity index (χ1) is 12.2. The van der Waals surface area contributed by atoms with E-state index >= 15 is 0 Å². The topological polar surface area (TPSA) is 88.4 Å². The molecule has 1 N–H and O–H groups in total. The molecule has 0 bridgehead atoms. The molecule has 0 aromatic heterocycles. The Kier molecular flexibility index (Phi) is 7.01. The lowest BCUT2D eigenvalue weighted by atomic mass is 10.1. The summed E-state index contributed by atoms with van der Waals surface area (Å²) in [6.07, 6.45) is 0.377. The predicted molar refractivity (Wildman–Crippen MR) is 91.9 cm³/mol. The summed E-state index contributed by atoms with van der Waals surface area (Å²) in [4.78, 5) is 23.3. The van der Waals surface area contributed by atoms with Gasteiger partial charge in [0.25, 0.3) is 5.91 Å². The van der Waals surface area contributed by atoms with Crippen LogP contribution in [0.3, 0.4) is 0 Å². The quantitative estimate of drug-likeness (QED) is 0.748. The number of ether oxygens (including phenoxy) is 2. The summed E-state index contributed by atoms with van der Waals surface area (Å²) in [6.45, 7) is -0.172. The monoisotopic (exact) mass is 338 g/mol. The zero-order valence-corrected chi connectivity index (χ0v) is 13.6. The van der Waals surface area contributed by atoms with Crippen LogP contribution in [0.4, 0.5) is 5.69 Å². The number of nitrogens with zero attached hydrogens (tertiary/aromatic N) is 1. The molecule has 0 atom stereocenters. The van der Waals surface area contributed by atoms with Crippen LogP contribution < -0.4 is 10.1 Å². The molecule has 128 valence electrons. The van der Waals surface area contributed by atoms with E-state index in [0.29, 0.717) is 17.9 Å². The van der Waals surface area contributed by atoms with Gasteiger partial charge in [-0.25, -0.2) is 0 Å². The number of rotatable bonds is 8. The third-order valence-corrected chi connectivity index (χ3v) is 3.20. The van der Waals surface area contributed by atoms with Crippen LogP contribution in [-0.2, 0) is 20.7 Å². The van der Waals surface area contributed by atoms with Gasteiger partial charge in [-0.3, -0.25) is 9.59 Å². The summed E-state index contributed by atoms with van der Waals surface area (Å²) >= 11 is 0. The van der Waals surface area contributed by atoms with Gasteiger partial charge in [-0.15, -0.1) is 0 Å². The normalized spacial score (nSPS) is 9.72. The first kappa shape index (κ1) is 18.0. The minimum Gasteiger partial charge on any atom is -0.493 e. The van der Waals surface area contributed by atoms with Crippen molar-refractivity contribution in [2.75, 3.05) is 18.5 Å². The molecule has 2 rings (SSSR count). The summed E-state index contributed by atoms with van der Waals surface area (Å²) in [5.74, 6) is -0.256. The van der Waals surface area contributed by atoms with Gasteiger partial charge in [-0.1, -0.05) is 30.3 Å². The summed E-state index contributed by atoms with van der Waals surface area (Å²) in [7, 11) is 0. The number of hydrogen-bond acceptors (Lipinski definition) is 5. The Bertz CT molecular complexity index is 736. The second kappa shape index (κ2) is 9.73. The lowest BCUT2D eigenvalue weighted by Crippen LogP contribution is -2.21. The smallest absolute Gasteiger partial charge is 0.309 e. The highest BCUT2D eigenvalue weighted by atomic mass is 16.5. The van der Waals surface area contributed by atoms with Crippen molar-refractivity contribution in [3.63, 3.8) is 0 Å². The molecule has 0 saturated heterocycles. The predicted octanol–water partition coefficient (Wildman–Crippen LogP) is 2.70. The van der Waals surface area contributed by atoms with Crippen LogP contribution in [-0.4, -0.2) is 25.1 Å². The van der Waals surface area contributed by atoms with E-state index in [1.54, 1.807) is 36.4 Å². The van der Waals surface area contributed by atoms with Gasteiger partial charge >= 0.3 is 5.97 Å². The summed E-state index contributed by atoms with van der Waals surface area (Å²) in [5.41, 5.74) is 1.44. The molecular formula is C19H18N2O4. The number of carbonyl (C=O) groups excluding carboxylic acids is 2. The van der Waals surface area contributed by atoms with E-state index in [1.165, 1.54) is 0 Å². The number of anilines is 1. The van der Waals surface area contributed by atoms with Gasteiger partial charge in [0.05, 0.1) is 25.5 Å². The van der Waals surface area contributed by atoms with Crippen LogP contribution in [0.5, 0.6) is 5.75 Å². The Balaban J connectivity index is 1.65. The highest BCUT2D eigenvalue weighted by molar-refractivity contribution is 5.92. The van der Waals surface area contributed by atoms with Gasteiger partial charge in [0.2, 0.25) is 0 Å². The third-order valence-electron chi connectivity index (χ3n) is 3.20. The number of carbonyl (C=O) groups is 2. The van der Waals surface area contributed by atoms with Crippen LogP contribution in [0.1, 0.15) is 12.0 Å². The van der Waals surface area contributed by atoms with Gasteiger partial charge < -0.3 is 14.8 Å². The van der Waals surface area contributed by atoms with Crippen molar-refractivity contribution in [2.45, 2.75) is 12.8 Å². The Morgan fingerprint density at radius 1 is 1.04 bits per heavy atom. The van der Waals surface area contributed by atoms with Crippen LogP contribution in [0.25, 0.3) is 0 Å². The standard InChI is InChI=1S/C19H18N2O4/c20-12-10-15-6-8-16(9-7-15)21-18(22)14-25-19(23)11-13-24-17-4-2-1-3-5-17/h1-9H,10-11,13-14H2,(H,21,22). The van der Waals surface area contributed by atoms with E-state index in [1.807, 2.05) is 24.3 Å². The van der Waals surface area contributed by atoms with Gasteiger partial charge in [0.1, 0.15) is 5.75 Å². The van der Waals surface area contributed by atoms with Crippen molar-refractivity contribution < 1.29 is 19.1 Å². The molecule has 0 radical (unpaired) electrons. The second-order valence-corrected chi connectivity index (χ2v) is 5.15. The Hall–Kier alpha value is -3.33. The number of amides is 1. The molecule has 6 nitrogen and oxygen atoms in total. The van der Waals surface area contributed by atoms with Crippen molar-refractivity contribution in [3.05, 3.63) is 60.2 Å². The fraction of sp³-hybridized carbons (Fsp3) is 0.211. The van der Waals surface area contributed by atoms with Crippen LogP contribution in [0.2, 0.25) is 0 Å². The average Bonchev–Trinajstić information content (AvgIpc) is 2.63. The summed E-state index contributed by atoms with van der Waals surface area (Å²) in [5, 5.41) is 11.2. The summed E-state index contributed by atoms with van der Waals surface area (Å²) in [6, 6.07) is 18.1. The first-order valence-corrected chi connectivity index (χ1v) is 7.76. The molecule has 0 unspecified atom stereocenters. The second-order valence-electron chi connectivity index (χ2n) is 5.15. The molecule has 0 aliphatic heterocycles. The third kappa shape index (κ3) is 6.75. The van der Waals surface area contributed by atoms with E-state index in [0.717, 1.165) is 5.56 Å². The SMILES string of the molecule is N#CCc1ccc(NC(=O)COC(=O)CCOc2ccccc2)cc1. The van der Waals surface area contributed by atoms with Crippen molar-refractivity contribution >= 4 is 17.6 Å². The number of hydrogen-bond donors (Lipinski definition) is 1. The zero-order valence-electron chi connectivity index (χ0n) is 13.6. The van der Waals surface area contributed by atoms with Crippen LogP contribution in [0, 0.1) is 11.3 Å². The van der Waals surface area contributed by atoms with Crippen molar-refractivity contribution in [1.29, 1.82) is 5.26 Å². The molecule has 1 amide bonds. The van der Waals surface area contributed by atoms with Crippen LogP contribution >= 0.6 is 0 Å². The van der Waals surface area contributed by atoms with Gasteiger partial charge in [0, 0.05) is 5.69 Å². The number of benzene rings is 2. The first-order valence-electron chi connectivity index (χ1n) is 7.76. The Morgan fingerprint density at radius 2 is 1.76 bits per heavy atom. The number of nitriles is 1. The molecule has 0 aliphatic rings. The Labute approximate surface area is 146 Å². The molecule has 2 aromatic carbocycles. The fourth-order valence-electron chi connectivity index (χ4n) is 1.98. The van der Waals surface area contributed by atoms with Crippen LogP contribution in [0.15, 0.2) is 54.6 Å². The number of para-hydroxylation sites is 1. The molecular weight excluding hydrogens is 320 g/mol. The summed E-state index contributed by atoms with van der Waals surface area (Å²) < 4.78 is 10.3. The lowest BCUT2D eigenvalue weighted by molar-refractivity contribution is -0.147. The van der Waals surface area contributed by atoms with E-state index in [2.05, 4.69) is 5.32 Å². The van der Waals surface area contributed by atoms with E-state index in [4.69, 9.17) is 14.7 Å². The molecule has 6 heteroatoms. The largest absolute Gasteiger partial charge is 0.493 e. The molecule has 0 saturated carbocycles. The lowest BCUT2D eigenvalue weighted by Gasteiger charge is -2.08. The van der Waals surface area contributed by atoms with E-state index in [9.17, 15) is 9.59 Å². The fourth-order valence-corrected chi connectivity index (χ4v) is 1.98. The molecule has 0 aliphatic carbocycles. The number of esters is 1. The molecule has 2 aromatic rings. The maximum absolute atomic E-state index is 11.8. The molecule has 25 heavy (non-hydrogen) atoms. The Morgan fingerprint density at radius 3 is 2.44 bits per heavy atom. The highest BCUT2D eigenvalue weighted by Gasteiger charge is 2.08. The average molecular weight is 338 g/mol. The maximum atomic E-state index is 11.8. The van der Waals surface area contributed by atoms with Gasteiger partial charge in [0.15, 0.2) is 6.61 Å². The van der Waals surface area contributed by atoms with E-state index in [-0.39, 0.29) is 19.6 Å². The van der Waals surface area contributed by atoms with E-state index < -0.39 is 11.9 Å². The minimum absolute atomic E-state index is 0.0605. The number of nitrogens with one attached hydrogen (secondary N) is 1. The van der Waals surface area contributed by atoms with Crippen molar-refractivity contribution in [1.82, 2.24) is 0 Å². The zero-order chi connectivity index (χ0) is 17.9. The highest BCUT2D eigenvalue weighted by Crippen LogP contribution is 2.10. The van der Waals surface area contributed by atoms with Gasteiger partial charge in [-0.05, 0) is 29.8 Å². The molecule has 0 heterocycles.